The highest BCUT2D eigenvalue weighted by Gasteiger charge is 2.10. The molecule has 0 aliphatic rings. The van der Waals surface area contributed by atoms with E-state index in [0.29, 0.717) is 23.2 Å². The monoisotopic (exact) mass is 277 g/mol. The molecule has 4 nitrogen and oxygen atoms in total. The van der Waals surface area contributed by atoms with Gasteiger partial charge >= 0.3 is 5.97 Å². The van der Waals surface area contributed by atoms with Crippen molar-refractivity contribution in [2.24, 2.45) is 0 Å². The molecule has 0 heterocycles. The topological polar surface area (TPSA) is 66.4 Å². The van der Waals surface area contributed by atoms with Crippen molar-refractivity contribution in [3.63, 3.8) is 0 Å². The molecule has 100 valence electrons. The van der Waals surface area contributed by atoms with E-state index in [-0.39, 0.29) is 0 Å². The Labute approximate surface area is 113 Å². The zero-order chi connectivity index (χ0) is 13.8. The molecule has 1 atom stereocenters. The van der Waals surface area contributed by atoms with Crippen molar-refractivity contribution >= 4 is 33.2 Å². The molecule has 19 heavy (non-hydrogen) atoms. The lowest BCUT2D eigenvalue weighted by Crippen LogP contribution is -2.10. The van der Waals surface area contributed by atoms with Crippen molar-refractivity contribution in [1.82, 2.24) is 0 Å². The Morgan fingerprint density at radius 2 is 1.89 bits per heavy atom. The highest BCUT2D eigenvalue weighted by atomic mass is 32.2. The maximum Gasteiger partial charge on any atom is 0.336 e. The van der Waals surface area contributed by atoms with Crippen LogP contribution < -0.4 is 5.32 Å². The average molecular weight is 277 g/mol. The van der Waals surface area contributed by atoms with Gasteiger partial charge in [0.1, 0.15) is 0 Å². The molecule has 0 amide bonds. The van der Waals surface area contributed by atoms with Crippen LogP contribution in [0.2, 0.25) is 0 Å². The summed E-state index contributed by atoms with van der Waals surface area (Å²) in [6, 6.07) is 10.7. The smallest absolute Gasteiger partial charge is 0.336 e. The van der Waals surface area contributed by atoms with Gasteiger partial charge in [-0.1, -0.05) is 24.3 Å². The minimum atomic E-state index is -0.933. The van der Waals surface area contributed by atoms with Crippen molar-refractivity contribution < 1.29 is 14.1 Å². The van der Waals surface area contributed by atoms with E-state index in [1.165, 1.54) is 0 Å². The highest BCUT2D eigenvalue weighted by molar-refractivity contribution is 7.84. The van der Waals surface area contributed by atoms with Gasteiger partial charge in [0.25, 0.3) is 0 Å². The zero-order valence-electron chi connectivity index (χ0n) is 10.6. The SMILES string of the molecule is CS(=O)CCNc1ccc(C(=O)O)c2ccccc12. The van der Waals surface area contributed by atoms with Gasteiger partial charge in [-0.25, -0.2) is 4.79 Å². The van der Waals surface area contributed by atoms with E-state index in [1.807, 2.05) is 18.2 Å². The molecular weight excluding hydrogens is 262 g/mol. The van der Waals surface area contributed by atoms with Crippen molar-refractivity contribution in [2.75, 3.05) is 23.9 Å². The first-order valence-electron chi connectivity index (χ1n) is 5.88. The Hall–Kier alpha value is -1.88. The van der Waals surface area contributed by atoms with Crippen LogP contribution in [0, 0.1) is 0 Å². The minimum Gasteiger partial charge on any atom is -0.478 e. The summed E-state index contributed by atoms with van der Waals surface area (Å²) in [4.78, 5) is 11.2. The third-order valence-electron chi connectivity index (χ3n) is 2.86. The van der Waals surface area contributed by atoms with E-state index >= 15 is 0 Å². The number of benzene rings is 2. The van der Waals surface area contributed by atoms with Gasteiger partial charge in [0, 0.05) is 40.4 Å². The predicted molar refractivity (Wildman–Crippen MR) is 78.3 cm³/mol. The molecule has 0 bridgehead atoms. The third kappa shape index (κ3) is 3.12. The number of anilines is 1. The lowest BCUT2D eigenvalue weighted by Gasteiger charge is -2.11. The fourth-order valence-corrected chi connectivity index (χ4v) is 2.36. The largest absolute Gasteiger partial charge is 0.478 e. The van der Waals surface area contributed by atoms with E-state index in [4.69, 9.17) is 5.11 Å². The minimum absolute atomic E-state index is 0.292. The first-order valence-corrected chi connectivity index (χ1v) is 7.61. The normalized spacial score (nSPS) is 12.3. The summed E-state index contributed by atoms with van der Waals surface area (Å²) < 4.78 is 11.0. The number of aromatic carboxylic acids is 1. The Balaban J connectivity index is 2.38. The van der Waals surface area contributed by atoms with Gasteiger partial charge in [-0.3, -0.25) is 4.21 Å². The van der Waals surface area contributed by atoms with Gasteiger partial charge in [-0.2, -0.15) is 0 Å². The molecule has 0 saturated carbocycles. The molecule has 2 rings (SSSR count). The summed E-state index contributed by atoms with van der Waals surface area (Å²) in [6.45, 7) is 0.597. The van der Waals surface area contributed by atoms with Crippen LogP contribution in [-0.2, 0) is 10.8 Å². The molecule has 2 aromatic carbocycles. The number of nitrogens with one attached hydrogen (secondary N) is 1. The molecule has 0 fully saturated rings. The Morgan fingerprint density at radius 1 is 1.21 bits per heavy atom. The maximum absolute atomic E-state index is 11.2. The number of hydrogen-bond acceptors (Lipinski definition) is 3. The molecule has 1 unspecified atom stereocenters. The molecule has 0 aliphatic carbocycles. The quantitative estimate of drug-likeness (QED) is 0.880. The van der Waals surface area contributed by atoms with E-state index in [0.717, 1.165) is 11.1 Å². The number of rotatable bonds is 5. The maximum atomic E-state index is 11.2. The predicted octanol–water partition coefficient (Wildman–Crippen LogP) is 2.33. The first kappa shape index (κ1) is 13.5. The van der Waals surface area contributed by atoms with Crippen LogP contribution in [0.5, 0.6) is 0 Å². The second-order valence-corrected chi connectivity index (χ2v) is 5.77. The van der Waals surface area contributed by atoms with Gasteiger partial charge in [-0.05, 0) is 17.5 Å². The van der Waals surface area contributed by atoms with Crippen LogP contribution in [0.15, 0.2) is 36.4 Å². The Morgan fingerprint density at radius 3 is 2.53 bits per heavy atom. The lowest BCUT2D eigenvalue weighted by atomic mass is 10.0. The van der Waals surface area contributed by atoms with E-state index in [9.17, 15) is 9.00 Å². The van der Waals surface area contributed by atoms with Gasteiger partial charge < -0.3 is 10.4 Å². The molecule has 0 aromatic heterocycles. The summed E-state index contributed by atoms with van der Waals surface area (Å²) in [7, 11) is -0.841. The number of hydrogen-bond donors (Lipinski definition) is 2. The molecule has 0 radical (unpaired) electrons. The standard InChI is InChI=1S/C14H15NO3S/c1-19(18)9-8-15-13-7-6-12(14(16)17)10-4-2-3-5-11(10)13/h2-7,15H,8-9H2,1H3,(H,16,17). The average Bonchev–Trinajstić information content (AvgIpc) is 2.38. The lowest BCUT2D eigenvalue weighted by molar-refractivity contribution is 0.0699. The zero-order valence-corrected chi connectivity index (χ0v) is 11.4. The van der Waals surface area contributed by atoms with Gasteiger partial charge in [-0.15, -0.1) is 0 Å². The van der Waals surface area contributed by atoms with Crippen LogP contribution in [0.1, 0.15) is 10.4 Å². The van der Waals surface area contributed by atoms with Crippen LogP contribution in [0.4, 0.5) is 5.69 Å². The summed E-state index contributed by atoms with van der Waals surface area (Å²) in [6.07, 6.45) is 1.66. The van der Waals surface area contributed by atoms with Crippen molar-refractivity contribution in [3.8, 4) is 0 Å². The number of carboxylic acids is 1. The fraction of sp³-hybridized carbons (Fsp3) is 0.214. The summed E-state index contributed by atoms with van der Waals surface area (Å²) >= 11 is 0. The van der Waals surface area contributed by atoms with Gasteiger partial charge in [0.15, 0.2) is 0 Å². The fourth-order valence-electron chi connectivity index (χ4n) is 1.97. The van der Waals surface area contributed by atoms with Crippen molar-refractivity contribution in [2.45, 2.75) is 0 Å². The van der Waals surface area contributed by atoms with Gasteiger partial charge in [0.2, 0.25) is 0 Å². The van der Waals surface area contributed by atoms with Crippen LogP contribution in [0.25, 0.3) is 10.8 Å². The summed E-state index contributed by atoms with van der Waals surface area (Å²) in [5, 5.41) is 13.9. The molecule has 2 N–H and O–H groups in total. The number of fused-ring (bicyclic) bond motifs is 1. The highest BCUT2D eigenvalue weighted by Crippen LogP contribution is 2.26. The van der Waals surface area contributed by atoms with Crippen LogP contribution in [0.3, 0.4) is 0 Å². The molecule has 5 heteroatoms. The number of carboxylic acid groups (broad SMARTS) is 1. The summed E-state index contributed by atoms with van der Waals surface area (Å²) in [5.41, 5.74) is 1.16. The van der Waals surface area contributed by atoms with Gasteiger partial charge in [0.05, 0.1) is 5.56 Å². The van der Waals surface area contributed by atoms with Crippen LogP contribution >= 0.6 is 0 Å². The Bertz CT molecular complexity index is 640. The second-order valence-electron chi connectivity index (χ2n) is 4.22. The second kappa shape index (κ2) is 5.84. The summed E-state index contributed by atoms with van der Waals surface area (Å²) in [5.74, 6) is -0.368. The molecule has 0 saturated heterocycles. The van der Waals surface area contributed by atoms with Crippen molar-refractivity contribution in [3.05, 3.63) is 42.0 Å². The molecule has 2 aromatic rings. The first-order chi connectivity index (χ1) is 9.09. The van der Waals surface area contributed by atoms with Crippen molar-refractivity contribution in [1.29, 1.82) is 0 Å². The van der Waals surface area contributed by atoms with E-state index in [1.54, 1.807) is 24.5 Å². The van der Waals surface area contributed by atoms with E-state index in [2.05, 4.69) is 5.32 Å². The van der Waals surface area contributed by atoms with E-state index < -0.39 is 16.8 Å². The number of carbonyl (C=O) groups is 1. The third-order valence-corrected chi connectivity index (χ3v) is 3.64. The molecular formula is C14H15NO3S. The molecule has 0 spiro atoms. The Kier molecular flexibility index (Phi) is 4.16. The molecule has 0 aliphatic heterocycles. The van der Waals surface area contributed by atoms with Crippen LogP contribution in [-0.4, -0.2) is 33.8 Å².